The average Bonchev–Trinajstić information content (AvgIpc) is 3.12. The predicted molar refractivity (Wildman–Crippen MR) is 106 cm³/mol. The quantitative estimate of drug-likeness (QED) is 0.753. The summed E-state index contributed by atoms with van der Waals surface area (Å²) in [5, 5.41) is 3.35. The van der Waals surface area contributed by atoms with E-state index in [0.717, 1.165) is 17.7 Å². The lowest BCUT2D eigenvalue weighted by Gasteiger charge is -2.16. The van der Waals surface area contributed by atoms with Gasteiger partial charge in [0, 0.05) is 23.7 Å². The summed E-state index contributed by atoms with van der Waals surface area (Å²) in [5.74, 6) is -0.911. The lowest BCUT2D eigenvalue weighted by molar-refractivity contribution is -0.124. The normalized spacial score (nSPS) is 14.6. The van der Waals surface area contributed by atoms with Gasteiger partial charge >= 0.3 is 5.97 Å². The van der Waals surface area contributed by atoms with Gasteiger partial charge in [0.05, 0.1) is 11.6 Å². The van der Waals surface area contributed by atoms with E-state index < -0.39 is 11.9 Å². The Morgan fingerprint density at radius 1 is 1.21 bits per heavy atom. The van der Waals surface area contributed by atoms with Crippen molar-refractivity contribution in [1.29, 1.82) is 0 Å². The smallest absolute Gasteiger partial charge is 0.338 e. The van der Waals surface area contributed by atoms with Gasteiger partial charge in [0.1, 0.15) is 0 Å². The van der Waals surface area contributed by atoms with Gasteiger partial charge in [-0.3, -0.25) is 9.59 Å². The molecule has 1 heterocycles. The van der Waals surface area contributed by atoms with E-state index in [4.69, 9.17) is 16.3 Å². The molecule has 3 rings (SSSR count). The first kappa shape index (κ1) is 19.9. The number of amides is 2. The summed E-state index contributed by atoms with van der Waals surface area (Å²) in [5.41, 5.74) is 1.94. The number of nitrogens with one attached hydrogen (secondary N) is 1. The van der Waals surface area contributed by atoms with Crippen LogP contribution in [0, 0.1) is 0 Å². The topological polar surface area (TPSA) is 75.7 Å². The van der Waals surface area contributed by atoms with E-state index in [9.17, 15) is 14.4 Å². The number of anilines is 1. The number of nitrogens with zero attached hydrogens (tertiary/aromatic N) is 1. The van der Waals surface area contributed by atoms with Crippen LogP contribution in [0.25, 0.3) is 0 Å². The van der Waals surface area contributed by atoms with Crippen molar-refractivity contribution in [3.8, 4) is 0 Å². The minimum absolute atomic E-state index is 0.0841. The Kier molecular flexibility index (Phi) is 6.31. The highest BCUT2D eigenvalue weighted by Crippen LogP contribution is 2.22. The SMILES string of the molecule is C[C@H](NC(=O)COC(=O)c1ccc(N2CCCC2=O)cc1)c1cccc(Cl)c1. The van der Waals surface area contributed by atoms with E-state index in [1.54, 1.807) is 47.4 Å². The molecular weight excluding hydrogens is 380 g/mol. The zero-order valence-corrected chi connectivity index (χ0v) is 16.2. The minimum atomic E-state index is -0.593. The molecule has 1 aliphatic heterocycles. The predicted octanol–water partition coefficient (Wildman–Crippen LogP) is 3.50. The number of halogens is 1. The zero-order chi connectivity index (χ0) is 20.1. The van der Waals surface area contributed by atoms with Gasteiger partial charge in [0.2, 0.25) is 5.91 Å². The molecule has 7 heteroatoms. The van der Waals surface area contributed by atoms with Crippen LogP contribution in [0.15, 0.2) is 48.5 Å². The van der Waals surface area contributed by atoms with E-state index in [0.29, 0.717) is 23.6 Å². The zero-order valence-electron chi connectivity index (χ0n) is 15.5. The van der Waals surface area contributed by atoms with Crippen LogP contribution in [0.3, 0.4) is 0 Å². The summed E-state index contributed by atoms with van der Waals surface area (Å²) in [6.45, 7) is 2.13. The molecule has 6 nitrogen and oxygen atoms in total. The van der Waals surface area contributed by atoms with Crippen LogP contribution in [0.1, 0.15) is 41.7 Å². The number of hydrogen-bond donors (Lipinski definition) is 1. The van der Waals surface area contributed by atoms with E-state index in [1.807, 2.05) is 13.0 Å². The van der Waals surface area contributed by atoms with Crippen molar-refractivity contribution < 1.29 is 19.1 Å². The van der Waals surface area contributed by atoms with Crippen LogP contribution >= 0.6 is 11.6 Å². The highest BCUT2D eigenvalue weighted by Gasteiger charge is 2.22. The molecule has 0 radical (unpaired) electrons. The molecule has 1 aliphatic rings. The number of benzene rings is 2. The number of ether oxygens (including phenoxy) is 1. The van der Waals surface area contributed by atoms with Crippen LogP contribution in [-0.2, 0) is 14.3 Å². The number of esters is 1. The average molecular weight is 401 g/mol. The third-order valence-corrected chi connectivity index (χ3v) is 4.78. The fourth-order valence-corrected chi connectivity index (χ4v) is 3.25. The van der Waals surface area contributed by atoms with Gasteiger partial charge in [-0.25, -0.2) is 4.79 Å². The molecule has 2 aromatic rings. The monoisotopic (exact) mass is 400 g/mol. The summed E-state index contributed by atoms with van der Waals surface area (Å²) < 4.78 is 5.08. The van der Waals surface area contributed by atoms with Gasteiger partial charge in [-0.05, 0) is 55.3 Å². The Hall–Kier alpha value is -2.86. The second-order valence-electron chi connectivity index (χ2n) is 6.62. The molecule has 1 N–H and O–H groups in total. The molecule has 0 aliphatic carbocycles. The molecule has 2 aromatic carbocycles. The number of rotatable bonds is 6. The first-order chi connectivity index (χ1) is 13.4. The maximum atomic E-state index is 12.1. The van der Waals surface area contributed by atoms with E-state index in [1.165, 1.54) is 0 Å². The van der Waals surface area contributed by atoms with Crippen molar-refractivity contribution >= 4 is 35.1 Å². The Morgan fingerprint density at radius 3 is 2.61 bits per heavy atom. The molecule has 0 spiro atoms. The Labute approximate surface area is 168 Å². The fourth-order valence-electron chi connectivity index (χ4n) is 3.06. The molecule has 1 fully saturated rings. The van der Waals surface area contributed by atoms with E-state index in [-0.39, 0.29) is 18.6 Å². The molecule has 1 atom stereocenters. The molecule has 146 valence electrons. The van der Waals surface area contributed by atoms with Gasteiger partial charge in [-0.15, -0.1) is 0 Å². The largest absolute Gasteiger partial charge is 0.452 e. The van der Waals surface area contributed by atoms with Crippen molar-refractivity contribution in [3.63, 3.8) is 0 Å². The minimum Gasteiger partial charge on any atom is -0.452 e. The van der Waals surface area contributed by atoms with Gasteiger partial charge < -0.3 is 15.0 Å². The Morgan fingerprint density at radius 2 is 1.96 bits per heavy atom. The lowest BCUT2D eigenvalue weighted by atomic mass is 10.1. The van der Waals surface area contributed by atoms with Crippen LogP contribution in [0.2, 0.25) is 5.02 Å². The number of carbonyl (C=O) groups is 3. The summed E-state index contributed by atoms with van der Waals surface area (Å²) in [4.78, 5) is 37.6. The van der Waals surface area contributed by atoms with Crippen LogP contribution in [-0.4, -0.2) is 30.9 Å². The van der Waals surface area contributed by atoms with E-state index >= 15 is 0 Å². The van der Waals surface area contributed by atoms with Crippen molar-refractivity contribution in [2.24, 2.45) is 0 Å². The van der Waals surface area contributed by atoms with Crippen molar-refractivity contribution in [1.82, 2.24) is 5.32 Å². The fraction of sp³-hybridized carbons (Fsp3) is 0.286. The third kappa shape index (κ3) is 4.89. The number of hydrogen-bond acceptors (Lipinski definition) is 4. The van der Waals surface area contributed by atoms with Gasteiger partial charge in [0.15, 0.2) is 6.61 Å². The van der Waals surface area contributed by atoms with Gasteiger partial charge in [-0.2, -0.15) is 0 Å². The van der Waals surface area contributed by atoms with Crippen molar-refractivity contribution in [3.05, 3.63) is 64.7 Å². The van der Waals surface area contributed by atoms with Crippen LogP contribution in [0.5, 0.6) is 0 Å². The Bertz CT molecular complexity index is 882. The molecule has 0 aromatic heterocycles. The molecule has 2 amide bonds. The summed E-state index contributed by atoms with van der Waals surface area (Å²) in [6, 6.07) is 13.5. The molecular formula is C21H21ClN2O4. The molecule has 0 unspecified atom stereocenters. The molecule has 0 bridgehead atoms. The lowest BCUT2D eigenvalue weighted by Crippen LogP contribution is -2.31. The summed E-state index contributed by atoms with van der Waals surface area (Å²) >= 11 is 5.95. The first-order valence-corrected chi connectivity index (χ1v) is 9.44. The highest BCUT2D eigenvalue weighted by atomic mass is 35.5. The van der Waals surface area contributed by atoms with E-state index in [2.05, 4.69) is 5.32 Å². The maximum Gasteiger partial charge on any atom is 0.338 e. The van der Waals surface area contributed by atoms with Crippen LogP contribution < -0.4 is 10.2 Å². The standard InChI is InChI=1S/C21H21ClN2O4/c1-14(16-4-2-5-17(22)12-16)23-19(25)13-28-21(27)15-7-9-18(10-8-15)24-11-3-6-20(24)26/h2,4-5,7-10,12,14H,3,6,11,13H2,1H3,(H,23,25)/t14-/m0/s1. The van der Waals surface area contributed by atoms with Crippen molar-refractivity contribution in [2.75, 3.05) is 18.1 Å². The van der Waals surface area contributed by atoms with Gasteiger partial charge in [0.25, 0.3) is 5.91 Å². The highest BCUT2D eigenvalue weighted by molar-refractivity contribution is 6.30. The second-order valence-corrected chi connectivity index (χ2v) is 7.05. The molecule has 1 saturated heterocycles. The maximum absolute atomic E-state index is 12.1. The second kappa shape index (κ2) is 8.89. The van der Waals surface area contributed by atoms with Gasteiger partial charge in [-0.1, -0.05) is 23.7 Å². The number of carbonyl (C=O) groups excluding carboxylic acids is 3. The summed E-state index contributed by atoms with van der Waals surface area (Å²) in [6.07, 6.45) is 1.39. The first-order valence-electron chi connectivity index (χ1n) is 9.06. The molecule has 28 heavy (non-hydrogen) atoms. The summed E-state index contributed by atoms with van der Waals surface area (Å²) in [7, 11) is 0. The molecule has 0 saturated carbocycles. The van der Waals surface area contributed by atoms with Crippen molar-refractivity contribution in [2.45, 2.75) is 25.8 Å². The third-order valence-electron chi connectivity index (χ3n) is 4.55. The van der Waals surface area contributed by atoms with Crippen LogP contribution in [0.4, 0.5) is 5.69 Å². The Balaban J connectivity index is 1.50.